The average Bonchev–Trinajstić information content (AvgIpc) is 2.72. The number of hydrogen-bond acceptors (Lipinski definition) is 1. The minimum atomic E-state index is 0.279. The van der Waals surface area contributed by atoms with Crippen molar-refractivity contribution in [3.8, 4) is 0 Å². The molecule has 0 amide bonds. The van der Waals surface area contributed by atoms with E-state index in [9.17, 15) is 0 Å². The Morgan fingerprint density at radius 3 is 2.80 bits per heavy atom. The Balaban J connectivity index is 2.22. The summed E-state index contributed by atoms with van der Waals surface area (Å²) in [4.78, 5) is 0. The number of benzene rings is 1. The molecule has 0 spiro atoms. The summed E-state index contributed by atoms with van der Waals surface area (Å²) in [6.07, 6.45) is 2.47. The van der Waals surface area contributed by atoms with E-state index in [1.807, 2.05) is 0 Å². The normalized spacial score (nSPS) is 37.3. The molecule has 15 heavy (non-hydrogen) atoms. The molecular formula is C14H19N. The van der Waals surface area contributed by atoms with Gasteiger partial charge in [-0.15, -0.1) is 0 Å². The molecule has 3 atom stereocenters. The number of hydrogen-bond donors (Lipinski definition) is 1. The van der Waals surface area contributed by atoms with Crippen LogP contribution in [0.2, 0.25) is 0 Å². The first-order valence-electron chi connectivity index (χ1n) is 6.01. The molecule has 1 fully saturated rings. The van der Waals surface area contributed by atoms with E-state index in [-0.39, 0.29) is 5.41 Å². The fourth-order valence-electron chi connectivity index (χ4n) is 3.96. The van der Waals surface area contributed by atoms with Crippen LogP contribution in [0.1, 0.15) is 43.7 Å². The van der Waals surface area contributed by atoms with E-state index >= 15 is 0 Å². The molecule has 3 unspecified atom stereocenters. The molecule has 0 radical (unpaired) electrons. The van der Waals surface area contributed by atoms with E-state index in [1.165, 1.54) is 12.8 Å². The standard InChI is InChI=1S/C14H19N/c1-9(2)14-8-10(7-13(14)15)11-5-3-4-6-12(11)14/h3-6,9-10,13H,7-8,15H2,1-2H3. The zero-order valence-electron chi connectivity index (χ0n) is 9.53. The summed E-state index contributed by atoms with van der Waals surface area (Å²) in [6.45, 7) is 4.65. The van der Waals surface area contributed by atoms with Gasteiger partial charge >= 0.3 is 0 Å². The number of nitrogens with two attached hydrogens (primary N) is 1. The summed E-state index contributed by atoms with van der Waals surface area (Å²) >= 11 is 0. The summed E-state index contributed by atoms with van der Waals surface area (Å²) in [5.41, 5.74) is 9.77. The van der Waals surface area contributed by atoms with Gasteiger partial charge in [-0.25, -0.2) is 0 Å². The highest BCUT2D eigenvalue weighted by Crippen LogP contribution is 2.59. The Morgan fingerprint density at radius 1 is 1.33 bits per heavy atom. The number of rotatable bonds is 1. The lowest BCUT2D eigenvalue weighted by atomic mass is 9.68. The van der Waals surface area contributed by atoms with E-state index in [1.54, 1.807) is 11.1 Å². The summed E-state index contributed by atoms with van der Waals surface area (Å²) in [6, 6.07) is 9.30. The van der Waals surface area contributed by atoms with Crippen LogP contribution in [0.5, 0.6) is 0 Å². The first-order valence-corrected chi connectivity index (χ1v) is 6.01. The van der Waals surface area contributed by atoms with Crippen molar-refractivity contribution < 1.29 is 0 Å². The molecular weight excluding hydrogens is 182 g/mol. The highest BCUT2D eigenvalue weighted by molar-refractivity contribution is 5.48. The van der Waals surface area contributed by atoms with Gasteiger partial charge in [-0.2, -0.15) is 0 Å². The van der Waals surface area contributed by atoms with Gasteiger partial charge in [0, 0.05) is 11.5 Å². The van der Waals surface area contributed by atoms with Crippen LogP contribution in [0.15, 0.2) is 24.3 Å². The Bertz CT molecular complexity index is 396. The molecule has 1 aromatic carbocycles. The first-order chi connectivity index (χ1) is 7.16. The van der Waals surface area contributed by atoms with Crippen LogP contribution in [0, 0.1) is 5.92 Å². The third-order valence-corrected chi connectivity index (χ3v) is 4.72. The van der Waals surface area contributed by atoms with Crippen molar-refractivity contribution in [2.45, 2.75) is 44.1 Å². The zero-order chi connectivity index (χ0) is 10.6. The molecule has 1 nitrogen and oxygen atoms in total. The lowest BCUT2D eigenvalue weighted by molar-refractivity contribution is 0.287. The van der Waals surface area contributed by atoms with Crippen LogP contribution in [0.3, 0.4) is 0 Å². The molecule has 3 rings (SSSR count). The quantitative estimate of drug-likeness (QED) is 0.743. The van der Waals surface area contributed by atoms with Crippen LogP contribution in [0.4, 0.5) is 0 Å². The van der Waals surface area contributed by atoms with E-state index in [2.05, 4.69) is 38.1 Å². The van der Waals surface area contributed by atoms with Gasteiger partial charge in [0.15, 0.2) is 0 Å². The van der Waals surface area contributed by atoms with E-state index in [4.69, 9.17) is 5.73 Å². The third-order valence-electron chi connectivity index (χ3n) is 4.72. The van der Waals surface area contributed by atoms with Gasteiger partial charge in [0.25, 0.3) is 0 Å². The summed E-state index contributed by atoms with van der Waals surface area (Å²) in [5.74, 6) is 1.39. The monoisotopic (exact) mass is 201 g/mol. The van der Waals surface area contributed by atoms with Crippen molar-refractivity contribution in [2.24, 2.45) is 11.7 Å². The van der Waals surface area contributed by atoms with Crippen LogP contribution >= 0.6 is 0 Å². The van der Waals surface area contributed by atoms with Crippen molar-refractivity contribution in [1.29, 1.82) is 0 Å². The van der Waals surface area contributed by atoms with Crippen LogP contribution in [0.25, 0.3) is 0 Å². The summed E-state index contributed by atoms with van der Waals surface area (Å²) in [7, 11) is 0. The van der Waals surface area contributed by atoms with Crippen molar-refractivity contribution in [3.63, 3.8) is 0 Å². The fraction of sp³-hybridized carbons (Fsp3) is 0.571. The van der Waals surface area contributed by atoms with Crippen molar-refractivity contribution >= 4 is 0 Å². The second-order valence-corrected chi connectivity index (χ2v) is 5.53. The maximum Gasteiger partial charge on any atom is 0.0145 e. The van der Waals surface area contributed by atoms with E-state index < -0.39 is 0 Å². The predicted octanol–water partition coefficient (Wildman–Crippen LogP) is 2.80. The fourth-order valence-corrected chi connectivity index (χ4v) is 3.96. The molecule has 0 aromatic heterocycles. The minimum Gasteiger partial charge on any atom is -0.327 e. The molecule has 2 bridgehead atoms. The Labute approximate surface area is 91.7 Å². The Morgan fingerprint density at radius 2 is 2.07 bits per heavy atom. The summed E-state index contributed by atoms with van der Waals surface area (Å²) in [5, 5.41) is 0. The van der Waals surface area contributed by atoms with Gasteiger partial charge in [0.2, 0.25) is 0 Å². The topological polar surface area (TPSA) is 26.0 Å². The van der Waals surface area contributed by atoms with Gasteiger partial charge in [-0.1, -0.05) is 38.1 Å². The molecule has 0 saturated heterocycles. The molecule has 80 valence electrons. The van der Waals surface area contributed by atoms with Crippen molar-refractivity contribution in [3.05, 3.63) is 35.4 Å². The highest BCUT2D eigenvalue weighted by atomic mass is 14.8. The van der Waals surface area contributed by atoms with Gasteiger partial charge in [0.05, 0.1) is 0 Å². The van der Waals surface area contributed by atoms with Crippen LogP contribution < -0.4 is 5.73 Å². The SMILES string of the molecule is CC(C)C12CC(CC1N)c1ccccc12. The Kier molecular flexibility index (Phi) is 1.79. The molecule has 2 aliphatic rings. The smallest absolute Gasteiger partial charge is 0.0145 e. The molecule has 1 aromatic rings. The second kappa shape index (κ2) is 2.85. The van der Waals surface area contributed by atoms with Crippen molar-refractivity contribution in [2.75, 3.05) is 0 Å². The van der Waals surface area contributed by atoms with Gasteiger partial charge < -0.3 is 5.73 Å². The zero-order valence-corrected chi connectivity index (χ0v) is 9.53. The number of fused-ring (bicyclic) bond motifs is 5. The molecule has 0 aliphatic heterocycles. The highest BCUT2D eigenvalue weighted by Gasteiger charge is 2.55. The molecule has 2 N–H and O–H groups in total. The maximum atomic E-state index is 6.37. The van der Waals surface area contributed by atoms with Gasteiger partial charge in [-0.3, -0.25) is 0 Å². The first kappa shape index (κ1) is 9.41. The average molecular weight is 201 g/mol. The summed E-state index contributed by atoms with van der Waals surface area (Å²) < 4.78 is 0. The molecule has 0 heterocycles. The van der Waals surface area contributed by atoms with Crippen LogP contribution in [-0.2, 0) is 5.41 Å². The molecule has 1 heteroatoms. The van der Waals surface area contributed by atoms with Crippen molar-refractivity contribution in [1.82, 2.24) is 0 Å². The van der Waals surface area contributed by atoms with Gasteiger partial charge in [0.1, 0.15) is 0 Å². The third kappa shape index (κ3) is 0.971. The van der Waals surface area contributed by atoms with Crippen LogP contribution in [-0.4, -0.2) is 6.04 Å². The van der Waals surface area contributed by atoms with E-state index in [0.717, 1.165) is 5.92 Å². The maximum absolute atomic E-state index is 6.37. The molecule has 1 saturated carbocycles. The van der Waals surface area contributed by atoms with E-state index in [0.29, 0.717) is 12.0 Å². The lowest BCUT2D eigenvalue weighted by Crippen LogP contribution is -2.45. The Hall–Kier alpha value is -0.820. The minimum absolute atomic E-state index is 0.279. The largest absolute Gasteiger partial charge is 0.327 e. The predicted molar refractivity (Wildman–Crippen MR) is 62.9 cm³/mol. The second-order valence-electron chi connectivity index (χ2n) is 5.53. The molecule has 2 aliphatic carbocycles. The van der Waals surface area contributed by atoms with Gasteiger partial charge in [-0.05, 0) is 35.8 Å². The lowest BCUT2D eigenvalue weighted by Gasteiger charge is -2.38.